The minimum absolute atomic E-state index is 0.0210. The zero-order valence-electron chi connectivity index (χ0n) is 12.2. The molecule has 0 fully saturated rings. The molecular weight excluding hydrogens is 411 g/mol. The number of hydrogen-bond donors (Lipinski definition) is 1. The van der Waals surface area contributed by atoms with Crippen LogP contribution >= 0.6 is 15.9 Å². The third-order valence-corrected chi connectivity index (χ3v) is 4.95. The summed E-state index contributed by atoms with van der Waals surface area (Å²) >= 11 is 3.21. The van der Waals surface area contributed by atoms with E-state index in [0.717, 1.165) is 16.6 Å². The molecule has 0 amide bonds. The van der Waals surface area contributed by atoms with Crippen LogP contribution in [-0.2, 0) is 16.2 Å². The summed E-state index contributed by atoms with van der Waals surface area (Å²) in [5, 5.41) is 0. The van der Waals surface area contributed by atoms with Crippen LogP contribution in [0, 0.1) is 0 Å². The largest absolute Gasteiger partial charge is 0.492 e. The second-order valence-corrected chi connectivity index (χ2v) is 7.41. The zero-order chi connectivity index (χ0) is 17.8. The lowest BCUT2D eigenvalue weighted by Gasteiger charge is -2.11. The first-order chi connectivity index (χ1) is 11.2. The molecule has 0 aliphatic carbocycles. The Morgan fingerprint density at radius 3 is 2.38 bits per heavy atom. The molecule has 0 radical (unpaired) electrons. The highest BCUT2D eigenvalue weighted by Crippen LogP contribution is 2.31. The van der Waals surface area contributed by atoms with Gasteiger partial charge in [-0.2, -0.15) is 13.2 Å². The average Bonchev–Trinajstić information content (AvgIpc) is 2.51. The van der Waals surface area contributed by atoms with E-state index in [9.17, 15) is 21.6 Å². The molecule has 2 rings (SSSR count). The molecule has 0 saturated heterocycles. The molecule has 0 unspecified atom stereocenters. The van der Waals surface area contributed by atoms with Crippen molar-refractivity contribution in [3.05, 3.63) is 58.6 Å². The number of sulfonamides is 1. The minimum atomic E-state index is -4.46. The fourth-order valence-electron chi connectivity index (χ4n) is 1.80. The molecule has 0 bridgehead atoms. The molecule has 1 N–H and O–H groups in total. The van der Waals surface area contributed by atoms with Gasteiger partial charge in [0, 0.05) is 11.0 Å². The maximum absolute atomic E-state index is 12.6. The molecule has 0 spiro atoms. The molecule has 0 saturated carbocycles. The van der Waals surface area contributed by atoms with E-state index in [4.69, 9.17) is 4.74 Å². The maximum Gasteiger partial charge on any atom is 0.416 e. The third-order valence-electron chi connectivity index (χ3n) is 2.95. The molecule has 0 aliphatic rings. The standard InChI is InChI=1S/C15H13BrF3NO3S/c16-12-4-6-14(7-5-12)24(21,22)20-8-9-23-13-3-1-2-11(10-13)15(17,18)19/h1-7,10,20H,8-9H2. The topological polar surface area (TPSA) is 55.4 Å². The maximum atomic E-state index is 12.6. The molecule has 130 valence electrons. The van der Waals surface area contributed by atoms with E-state index in [2.05, 4.69) is 20.7 Å². The Morgan fingerprint density at radius 1 is 1.08 bits per heavy atom. The van der Waals surface area contributed by atoms with Crippen LogP contribution in [0.15, 0.2) is 57.9 Å². The van der Waals surface area contributed by atoms with Crippen molar-refractivity contribution in [2.45, 2.75) is 11.1 Å². The number of benzene rings is 2. The second kappa shape index (κ2) is 7.54. The molecule has 24 heavy (non-hydrogen) atoms. The molecule has 0 atom stereocenters. The molecule has 2 aromatic carbocycles. The molecule has 0 aromatic heterocycles. The van der Waals surface area contributed by atoms with E-state index < -0.39 is 21.8 Å². The van der Waals surface area contributed by atoms with Crippen LogP contribution in [0.5, 0.6) is 5.75 Å². The minimum Gasteiger partial charge on any atom is -0.492 e. The van der Waals surface area contributed by atoms with Gasteiger partial charge in [0.05, 0.1) is 10.5 Å². The molecular formula is C15H13BrF3NO3S. The Morgan fingerprint density at radius 2 is 1.75 bits per heavy atom. The van der Waals surface area contributed by atoms with Gasteiger partial charge in [-0.25, -0.2) is 13.1 Å². The number of halogens is 4. The highest BCUT2D eigenvalue weighted by molar-refractivity contribution is 9.10. The van der Waals surface area contributed by atoms with Crippen molar-refractivity contribution in [2.24, 2.45) is 0 Å². The van der Waals surface area contributed by atoms with Crippen molar-refractivity contribution in [2.75, 3.05) is 13.2 Å². The molecule has 0 heterocycles. The Bertz CT molecular complexity index is 792. The number of hydrogen-bond acceptors (Lipinski definition) is 3. The van der Waals surface area contributed by atoms with Gasteiger partial charge in [-0.15, -0.1) is 0 Å². The summed E-state index contributed by atoms with van der Waals surface area (Å²) in [5.74, 6) is 0.0210. The normalized spacial score (nSPS) is 12.2. The lowest BCUT2D eigenvalue weighted by atomic mass is 10.2. The van der Waals surface area contributed by atoms with Crippen molar-refractivity contribution in [1.82, 2.24) is 4.72 Å². The molecule has 2 aromatic rings. The van der Waals surface area contributed by atoms with E-state index in [1.807, 2.05) is 0 Å². The summed E-state index contributed by atoms with van der Waals surface area (Å²) in [5.41, 5.74) is -0.824. The SMILES string of the molecule is O=S(=O)(NCCOc1cccc(C(F)(F)F)c1)c1ccc(Br)cc1. The summed E-state index contributed by atoms with van der Waals surface area (Å²) in [6, 6.07) is 10.4. The van der Waals surface area contributed by atoms with Gasteiger partial charge in [0.2, 0.25) is 10.0 Å². The van der Waals surface area contributed by atoms with Crippen LogP contribution in [0.2, 0.25) is 0 Å². The highest BCUT2D eigenvalue weighted by Gasteiger charge is 2.30. The number of nitrogens with one attached hydrogen (secondary N) is 1. The van der Waals surface area contributed by atoms with E-state index in [1.54, 1.807) is 12.1 Å². The summed E-state index contributed by atoms with van der Waals surface area (Å²) in [6.45, 7) is -0.175. The van der Waals surface area contributed by atoms with Crippen LogP contribution in [0.4, 0.5) is 13.2 Å². The predicted molar refractivity (Wildman–Crippen MR) is 86.3 cm³/mol. The molecule has 0 aliphatic heterocycles. The molecule has 9 heteroatoms. The monoisotopic (exact) mass is 423 g/mol. The van der Waals surface area contributed by atoms with Gasteiger partial charge in [-0.3, -0.25) is 0 Å². The lowest BCUT2D eigenvalue weighted by Crippen LogP contribution is -2.28. The van der Waals surface area contributed by atoms with Crippen LogP contribution in [0.1, 0.15) is 5.56 Å². The van der Waals surface area contributed by atoms with Gasteiger partial charge in [-0.1, -0.05) is 22.0 Å². The van der Waals surface area contributed by atoms with E-state index >= 15 is 0 Å². The first kappa shape index (κ1) is 18.8. The van der Waals surface area contributed by atoms with E-state index in [0.29, 0.717) is 0 Å². The summed E-state index contributed by atoms with van der Waals surface area (Å²) in [4.78, 5) is 0.0877. The van der Waals surface area contributed by atoms with Crippen LogP contribution in [0.25, 0.3) is 0 Å². The summed E-state index contributed by atoms with van der Waals surface area (Å²) in [6.07, 6.45) is -4.46. The number of rotatable bonds is 6. The van der Waals surface area contributed by atoms with Gasteiger partial charge in [0.15, 0.2) is 0 Å². The second-order valence-electron chi connectivity index (χ2n) is 4.73. The summed E-state index contributed by atoms with van der Waals surface area (Å²) < 4.78 is 70.0. The zero-order valence-corrected chi connectivity index (χ0v) is 14.6. The van der Waals surface area contributed by atoms with E-state index in [1.165, 1.54) is 24.3 Å². The highest BCUT2D eigenvalue weighted by atomic mass is 79.9. The lowest BCUT2D eigenvalue weighted by molar-refractivity contribution is -0.137. The first-order valence-electron chi connectivity index (χ1n) is 6.74. The van der Waals surface area contributed by atoms with Crippen molar-refractivity contribution >= 4 is 26.0 Å². The van der Waals surface area contributed by atoms with Gasteiger partial charge in [0.1, 0.15) is 12.4 Å². The fourth-order valence-corrected chi connectivity index (χ4v) is 3.08. The first-order valence-corrected chi connectivity index (χ1v) is 9.01. The Labute approximate surface area is 145 Å². The van der Waals surface area contributed by atoms with Crippen LogP contribution in [-0.4, -0.2) is 21.6 Å². The van der Waals surface area contributed by atoms with Gasteiger partial charge in [-0.05, 0) is 42.5 Å². The Kier molecular flexibility index (Phi) is 5.89. The van der Waals surface area contributed by atoms with Crippen molar-refractivity contribution in [3.63, 3.8) is 0 Å². The molecule has 4 nitrogen and oxygen atoms in total. The van der Waals surface area contributed by atoms with Crippen molar-refractivity contribution in [3.8, 4) is 5.75 Å². The number of ether oxygens (including phenoxy) is 1. The Balaban J connectivity index is 1.90. The predicted octanol–water partition coefficient (Wildman–Crippen LogP) is 3.83. The summed E-state index contributed by atoms with van der Waals surface area (Å²) in [7, 11) is -3.69. The van der Waals surface area contributed by atoms with Gasteiger partial charge in [0.25, 0.3) is 0 Å². The van der Waals surface area contributed by atoms with Gasteiger partial charge < -0.3 is 4.74 Å². The van der Waals surface area contributed by atoms with Crippen molar-refractivity contribution < 1.29 is 26.3 Å². The average molecular weight is 424 g/mol. The van der Waals surface area contributed by atoms with Gasteiger partial charge >= 0.3 is 6.18 Å². The fraction of sp³-hybridized carbons (Fsp3) is 0.200. The quantitative estimate of drug-likeness (QED) is 0.718. The number of alkyl halides is 3. The van der Waals surface area contributed by atoms with E-state index in [-0.39, 0.29) is 23.8 Å². The Hall–Kier alpha value is -1.58. The van der Waals surface area contributed by atoms with Crippen molar-refractivity contribution in [1.29, 1.82) is 0 Å². The smallest absolute Gasteiger partial charge is 0.416 e. The third kappa shape index (κ3) is 5.22. The van der Waals surface area contributed by atoms with Crippen LogP contribution in [0.3, 0.4) is 0 Å². The van der Waals surface area contributed by atoms with Crippen LogP contribution < -0.4 is 9.46 Å².